The quantitative estimate of drug-likeness (QED) is 0.623. The largest absolute Gasteiger partial charge is 0.480 e. The van der Waals surface area contributed by atoms with Crippen molar-refractivity contribution in [2.75, 3.05) is 6.61 Å². The Morgan fingerprint density at radius 3 is 2.53 bits per heavy atom. The third-order valence-corrected chi connectivity index (χ3v) is 1.41. The molecule has 0 saturated carbocycles. The first-order valence-corrected chi connectivity index (χ1v) is 4.23. The maximum Gasteiger partial charge on any atom is 0.408 e. The lowest BCUT2D eigenvalue weighted by Gasteiger charge is -2.12. The van der Waals surface area contributed by atoms with E-state index in [0.29, 0.717) is 0 Å². The SMILES string of the molecule is C=CCOC(=O)N[C@@H](CC(C)=O)C(=O)O. The van der Waals surface area contributed by atoms with Gasteiger partial charge in [0.05, 0.1) is 0 Å². The zero-order valence-electron chi connectivity index (χ0n) is 8.36. The van der Waals surface area contributed by atoms with Gasteiger partial charge in [0.15, 0.2) is 0 Å². The van der Waals surface area contributed by atoms with Crippen LogP contribution in [-0.4, -0.2) is 35.6 Å². The molecule has 0 aromatic carbocycles. The maximum atomic E-state index is 10.9. The molecule has 2 N–H and O–H groups in total. The Hall–Kier alpha value is -1.85. The van der Waals surface area contributed by atoms with Crippen LogP contribution in [0.15, 0.2) is 12.7 Å². The van der Waals surface area contributed by atoms with E-state index in [4.69, 9.17) is 5.11 Å². The number of rotatable bonds is 6. The number of carboxylic acid groups (broad SMARTS) is 1. The molecule has 0 rings (SSSR count). The van der Waals surface area contributed by atoms with E-state index in [1.807, 2.05) is 0 Å². The molecule has 0 aromatic heterocycles. The number of nitrogens with one attached hydrogen (secondary N) is 1. The molecule has 0 fully saturated rings. The lowest BCUT2D eigenvalue weighted by Crippen LogP contribution is -2.42. The highest BCUT2D eigenvalue weighted by Crippen LogP contribution is 1.95. The smallest absolute Gasteiger partial charge is 0.408 e. The number of carbonyl (C=O) groups is 3. The number of aliphatic carboxylic acids is 1. The molecular formula is C9H13NO5. The molecule has 0 saturated heterocycles. The summed E-state index contributed by atoms with van der Waals surface area (Å²) in [6.07, 6.45) is 0.197. The summed E-state index contributed by atoms with van der Waals surface area (Å²) in [6, 6.07) is -1.25. The van der Waals surface area contributed by atoms with Gasteiger partial charge in [-0.1, -0.05) is 12.7 Å². The molecule has 0 spiro atoms. The van der Waals surface area contributed by atoms with Crippen LogP contribution in [0, 0.1) is 0 Å². The van der Waals surface area contributed by atoms with Crippen LogP contribution in [0.5, 0.6) is 0 Å². The van der Waals surface area contributed by atoms with E-state index in [2.05, 4.69) is 16.6 Å². The van der Waals surface area contributed by atoms with Crippen molar-refractivity contribution in [1.82, 2.24) is 5.32 Å². The van der Waals surface area contributed by atoms with Gasteiger partial charge in [-0.3, -0.25) is 4.79 Å². The van der Waals surface area contributed by atoms with Gasteiger partial charge in [0.1, 0.15) is 18.4 Å². The van der Waals surface area contributed by atoms with E-state index in [1.165, 1.54) is 13.0 Å². The average molecular weight is 215 g/mol. The number of Topliss-reactive ketones (excluding diaryl/α,β-unsaturated/α-hetero) is 1. The minimum absolute atomic E-state index is 0.0156. The van der Waals surface area contributed by atoms with Crippen molar-refractivity contribution in [1.29, 1.82) is 0 Å². The number of ether oxygens (including phenoxy) is 1. The predicted molar refractivity (Wildman–Crippen MR) is 51.4 cm³/mol. The van der Waals surface area contributed by atoms with Gasteiger partial charge >= 0.3 is 12.1 Å². The molecule has 0 bridgehead atoms. The summed E-state index contributed by atoms with van der Waals surface area (Å²) in [5, 5.41) is 10.7. The van der Waals surface area contributed by atoms with E-state index in [-0.39, 0.29) is 18.8 Å². The van der Waals surface area contributed by atoms with Crippen LogP contribution < -0.4 is 5.32 Å². The van der Waals surface area contributed by atoms with Crippen molar-refractivity contribution in [3.63, 3.8) is 0 Å². The van der Waals surface area contributed by atoms with Gasteiger partial charge in [0, 0.05) is 6.42 Å². The number of hydrogen-bond acceptors (Lipinski definition) is 4. The zero-order valence-corrected chi connectivity index (χ0v) is 8.36. The van der Waals surface area contributed by atoms with E-state index >= 15 is 0 Å². The van der Waals surface area contributed by atoms with Crippen LogP contribution in [0.2, 0.25) is 0 Å². The lowest BCUT2D eigenvalue weighted by atomic mass is 10.1. The number of amides is 1. The first-order valence-electron chi connectivity index (χ1n) is 4.23. The second-order valence-corrected chi connectivity index (χ2v) is 2.83. The van der Waals surface area contributed by atoms with Gasteiger partial charge in [-0.15, -0.1) is 0 Å². The summed E-state index contributed by atoms with van der Waals surface area (Å²) in [5.41, 5.74) is 0. The minimum Gasteiger partial charge on any atom is -0.480 e. The lowest BCUT2D eigenvalue weighted by molar-refractivity contribution is -0.140. The normalized spacial score (nSPS) is 11.3. The number of alkyl carbamates (subject to hydrolysis) is 1. The Morgan fingerprint density at radius 1 is 1.53 bits per heavy atom. The molecule has 0 aliphatic heterocycles. The number of hydrogen-bond donors (Lipinski definition) is 2. The Bertz CT molecular complexity index is 274. The first-order chi connectivity index (χ1) is 6.97. The molecule has 1 atom stereocenters. The highest BCUT2D eigenvalue weighted by atomic mass is 16.5. The molecule has 6 heteroatoms. The summed E-state index contributed by atoms with van der Waals surface area (Å²) in [4.78, 5) is 32.2. The Kier molecular flexibility index (Phi) is 5.77. The van der Waals surface area contributed by atoms with Gasteiger partial charge in [-0.05, 0) is 6.92 Å². The van der Waals surface area contributed by atoms with Crippen LogP contribution in [0.25, 0.3) is 0 Å². The fraction of sp³-hybridized carbons (Fsp3) is 0.444. The molecule has 0 radical (unpaired) electrons. The molecule has 0 aromatic rings. The monoisotopic (exact) mass is 215 g/mol. The van der Waals surface area contributed by atoms with Gasteiger partial charge in [0.2, 0.25) is 0 Å². The van der Waals surface area contributed by atoms with E-state index in [1.54, 1.807) is 0 Å². The van der Waals surface area contributed by atoms with Gasteiger partial charge in [-0.2, -0.15) is 0 Å². The third kappa shape index (κ3) is 6.25. The summed E-state index contributed by atoms with van der Waals surface area (Å²) in [6.45, 7) is 4.55. The van der Waals surface area contributed by atoms with Crippen molar-refractivity contribution < 1.29 is 24.2 Å². The molecule has 0 aliphatic carbocycles. The molecular weight excluding hydrogens is 202 g/mol. The predicted octanol–water partition coefficient (Wildman–Crippen LogP) is 0.331. The molecule has 15 heavy (non-hydrogen) atoms. The molecule has 0 aliphatic rings. The van der Waals surface area contributed by atoms with Gasteiger partial charge in [0.25, 0.3) is 0 Å². The second-order valence-electron chi connectivity index (χ2n) is 2.83. The summed E-state index contributed by atoms with van der Waals surface area (Å²) in [5.74, 6) is -1.60. The highest BCUT2D eigenvalue weighted by Gasteiger charge is 2.21. The Labute approximate surface area is 86.9 Å². The summed E-state index contributed by atoms with van der Waals surface area (Å²) in [7, 11) is 0. The summed E-state index contributed by atoms with van der Waals surface area (Å²) < 4.78 is 4.51. The molecule has 0 unspecified atom stereocenters. The third-order valence-electron chi connectivity index (χ3n) is 1.41. The molecule has 0 heterocycles. The van der Waals surface area contributed by atoms with Gasteiger partial charge < -0.3 is 15.2 Å². The Morgan fingerprint density at radius 2 is 2.13 bits per heavy atom. The maximum absolute atomic E-state index is 10.9. The van der Waals surface area contributed by atoms with Crippen molar-refractivity contribution in [2.45, 2.75) is 19.4 Å². The van der Waals surface area contributed by atoms with Gasteiger partial charge in [-0.25, -0.2) is 9.59 Å². The number of carbonyl (C=O) groups excluding carboxylic acids is 2. The topological polar surface area (TPSA) is 92.7 Å². The first kappa shape index (κ1) is 13.2. The Balaban J connectivity index is 4.16. The second kappa shape index (κ2) is 6.58. The van der Waals surface area contributed by atoms with Crippen molar-refractivity contribution in [2.24, 2.45) is 0 Å². The standard InChI is InChI=1S/C9H13NO5/c1-3-4-15-9(14)10-7(8(12)13)5-6(2)11/h3,7H,1,4-5H2,2H3,(H,10,14)(H,12,13)/t7-/m0/s1. The fourth-order valence-electron chi connectivity index (χ4n) is 0.806. The zero-order chi connectivity index (χ0) is 11.8. The van der Waals surface area contributed by atoms with Crippen molar-refractivity contribution >= 4 is 17.8 Å². The van der Waals surface area contributed by atoms with Crippen molar-refractivity contribution in [3.05, 3.63) is 12.7 Å². The van der Waals surface area contributed by atoms with E-state index in [0.717, 1.165) is 0 Å². The minimum atomic E-state index is -1.28. The number of ketones is 1. The summed E-state index contributed by atoms with van der Waals surface area (Å²) >= 11 is 0. The highest BCUT2D eigenvalue weighted by molar-refractivity contribution is 5.86. The van der Waals surface area contributed by atoms with Crippen LogP contribution in [0.1, 0.15) is 13.3 Å². The van der Waals surface area contributed by atoms with E-state index < -0.39 is 18.1 Å². The molecule has 6 nitrogen and oxygen atoms in total. The number of carboxylic acids is 1. The van der Waals surface area contributed by atoms with E-state index in [9.17, 15) is 14.4 Å². The van der Waals surface area contributed by atoms with Crippen LogP contribution in [0.4, 0.5) is 4.79 Å². The average Bonchev–Trinajstić information content (AvgIpc) is 2.12. The van der Waals surface area contributed by atoms with Crippen LogP contribution >= 0.6 is 0 Å². The van der Waals surface area contributed by atoms with Crippen LogP contribution in [-0.2, 0) is 14.3 Å². The molecule has 1 amide bonds. The van der Waals surface area contributed by atoms with Crippen molar-refractivity contribution in [3.8, 4) is 0 Å². The molecule has 84 valence electrons. The van der Waals surface area contributed by atoms with Crippen LogP contribution in [0.3, 0.4) is 0 Å². The fourth-order valence-corrected chi connectivity index (χ4v) is 0.806.